The number of hydrogen-bond donors (Lipinski definition) is 1. The average Bonchev–Trinajstić information content (AvgIpc) is 2.60. The zero-order chi connectivity index (χ0) is 11.4. The highest BCUT2D eigenvalue weighted by molar-refractivity contribution is 8.00. The summed E-state index contributed by atoms with van der Waals surface area (Å²) in [6, 6.07) is 2.41. The fourth-order valence-electron chi connectivity index (χ4n) is 1.45. The molecule has 0 aliphatic rings. The third-order valence-corrected chi connectivity index (χ3v) is 5.60. The van der Waals surface area contributed by atoms with Crippen LogP contribution in [0.3, 0.4) is 0 Å². The van der Waals surface area contributed by atoms with Crippen molar-refractivity contribution in [3.63, 3.8) is 0 Å². The standard InChI is InChI=1S/C12H21NS2/c1-5-9(3)15-12(10(4)13)11-8(2)6-7-14-11/h6-7,9-10,12H,5,13H2,1-4H3. The predicted molar refractivity (Wildman–Crippen MR) is 72.8 cm³/mol. The first kappa shape index (κ1) is 13.1. The lowest BCUT2D eigenvalue weighted by molar-refractivity contribution is 0.721. The lowest BCUT2D eigenvalue weighted by Gasteiger charge is -2.23. The summed E-state index contributed by atoms with van der Waals surface area (Å²) in [5.74, 6) is 0. The molecule has 15 heavy (non-hydrogen) atoms. The number of rotatable bonds is 5. The fraction of sp³-hybridized carbons (Fsp3) is 0.667. The lowest BCUT2D eigenvalue weighted by atomic mass is 10.1. The molecule has 3 atom stereocenters. The molecule has 0 aromatic carbocycles. The fourth-order valence-corrected chi connectivity index (χ4v) is 4.05. The monoisotopic (exact) mass is 243 g/mol. The van der Waals surface area contributed by atoms with E-state index in [0.29, 0.717) is 10.5 Å². The second-order valence-corrected chi connectivity index (χ2v) is 6.63. The molecule has 0 spiro atoms. The molecule has 0 aliphatic carbocycles. The van der Waals surface area contributed by atoms with E-state index >= 15 is 0 Å². The van der Waals surface area contributed by atoms with E-state index in [1.54, 1.807) is 0 Å². The molecule has 2 N–H and O–H groups in total. The van der Waals surface area contributed by atoms with Crippen LogP contribution >= 0.6 is 23.1 Å². The van der Waals surface area contributed by atoms with Crippen molar-refractivity contribution >= 4 is 23.1 Å². The molecule has 3 unspecified atom stereocenters. The van der Waals surface area contributed by atoms with E-state index in [1.165, 1.54) is 16.9 Å². The van der Waals surface area contributed by atoms with Gasteiger partial charge < -0.3 is 5.73 Å². The van der Waals surface area contributed by atoms with Gasteiger partial charge in [-0.25, -0.2) is 0 Å². The molecule has 0 bridgehead atoms. The molecule has 3 heteroatoms. The van der Waals surface area contributed by atoms with Crippen molar-refractivity contribution in [1.29, 1.82) is 0 Å². The Kier molecular flexibility index (Phi) is 5.16. The van der Waals surface area contributed by atoms with Gasteiger partial charge in [-0.3, -0.25) is 0 Å². The van der Waals surface area contributed by atoms with E-state index in [4.69, 9.17) is 5.73 Å². The van der Waals surface area contributed by atoms with Gasteiger partial charge in [0, 0.05) is 16.2 Å². The van der Waals surface area contributed by atoms with Crippen molar-refractivity contribution in [3.8, 4) is 0 Å². The third kappa shape index (κ3) is 3.51. The van der Waals surface area contributed by atoms with Gasteiger partial charge in [-0.1, -0.05) is 13.8 Å². The highest BCUT2D eigenvalue weighted by Crippen LogP contribution is 2.39. The summed E-state index contributed by atoms with van der Waals surface area (Å²) in [4.78, 5) is 1.45. The predicted octanol–water partition coefficient (Wildman–Crippen LogP) is 3.98. The van der Waals surface area contributed by atoms with Crippen molar-refractivity contribution in [2.75, 3.05) is 0 Å². The third-order valence-electron chi connectivity index (χ3n) is 2.59. The molecule has 0 aliphatic heterocycles. The Hall–Kier alpha value is 0.01000. The summed E-state index contributed by atoms with van der Waals surface area (Å²) in [6.07, 6.45) is 1.21. The SMILES string of the molecule is CCC(C)SC(c1sccc1C)C(C)N. The first-order valence-electron chi connectivity index (χ1n) is 5.51. The highest BCUT2D eigenvalue weighted by Gasteiger charge is 2.21. The molecule has 1 rings (SSSR count). The molecule has 0 saturated carbocycles. The van der Waals surface area contributed by atoms with E-state index in [1.807, 2.05) is 23.1 Å². The van der Waals surface area contributed by atoms with E-state index in [2.05, 4.69) is 39.1 Å². The van der Waals surface area contributed by atoms with Crippen LogP contribution in [0.5, 0.6) is 0 Å². The van der Waals surface area contributed by atoms with Crippen LogP contribution in [0, 0.1) is 6.92 Å². The molecule has 0 saturated heterocycles. The molecule has 1 aromatic heterocycles. The van der Waals surface area contributed by atoms with Gasteiger partial charge in [-0.05, 0) is 37.3 Å². The number of thioether (sulfide) groups is 1. The summed E-state index contributed by atoms with van der Waals surface area (Å²) in [5.41, 5.74) is 7.47. The summed E-state index contributed by atoms with van der Waals surface area (Å²) in [6.45, 7) is 8.80. The van der Waals surface area contributed by atoms with E-state index in [9.17, 15) is 0 Å². The van der Waals surface area contributed by atoms with Crippen LogP contribution in [0.2, 0.25) is 0 Å². The largest absolute Gasteiger partial charge is 0.327 e. The maximum Gasteiger partial charge on any atom is 0.0544 e. The Labute approximate surface area is 101 Å². The quantitative estimate of drug-likeness (QED) is 0.846. The molecule has 0 radical (unpaired) electrons. The van der Waals surface area contributed by atoms with Gasteiger partial charge in [0.2, 0.25) is 0 Å². The zero-order valence-corrected chi connectivity index (χ0v) is 11.6. The smallest absolute Gasteiger partial charge is 0.0544 e. The number of hydrogen-bond acceptors (Lipinski definition) is 3. The normalized spacial score (nSPS) is 17.4. The number of aryl methyl sites for hydroxylation is 1. The van der Waals surface area contributed by atoms with Gasteiger partial charge in [0.05, 0.1) is 5.25 Å². The van der Waals surface area contributed by atoms with Gasteiger partial charge in [-0.2, -0.15) is 0 Å². The van der Waals surface area contributed by atoms with Gasteiger partial charge in [0.1, 0.15) is 0 Å². The Morgan fingerprint density at radius 3 is 2.53 bits per heavy atom. The molecular formula is C12H21NS2. The molecule has 86 valence electrons. The number of thiophene rings is 1. The van der Waals surface area contributed by atoms with Crippen molar-refractivity contribution < 1.29 is 0 Å². The Bertz CT molecular complexity index is 294. The summed E-state index contributed by atoms with van der Waals surface area (Å²) < 4.78 is 0. The minimum absolute atomic E-state index is 0.223. The highest BCUT2D eigenvalue weighted by atomic mass is 32.2. The Balaban J connectivity index is 2.79. The summed E-state index contributed by atoms with van der Waals surface area (Å²) in [5, 5.41) is 3.31. The summed E-state index contributed by atoms with van der Waals surface area (Å²) >= 11 is 3.85. The Morgan fingerprint density at radius 1 is 1.47 bits per heavy atom. The maximum absolute atomic E-state index is 6.09. The van der Waals surface area contributed by atoms with Crippen LogP contribution in [-0.4, -0.2) is 11.3 Å². The molecule has 0 fully saturated rings. The average molecular weight is 243 g/mol. The van der Waals surface area contributed by atoms with Gasteiger partial charge in [-0.15, -0.1) is 23.1 Å². The first-order chi connectivity index (χ1) is 7.06. The van der Waals surface area contributed by atoms with Crippen molar-refractivity contribution in [2.24, 2.45) is 5.73 Å². The van der Waals surface area contributed by atoms with Crippen molar-refractivity contribution in [2.45, 2.75) is 50.7 Å². The first-order valence-corrected chi connectivity index (χ1v) is 7.33. The van der Waals surface area contributed by atoms with E-state index in [-0.39, 0.29) is 6.04 Å². The lowest BCUT2D eigenvalue weighted by Crippen LogP contribution is -2.23. The zero-order valence-electron chi connectivity index (χ0n) is 9.99. The molecular weight excluding hydrogens is 222 g/mol. The molecule has 1 nitrogen and oxygen atoms in total. The molecule has 1 aromatic rings. The topological polar surface area (TPSA) is 26.0 Å². The maximum atomic E-state index is 6.09. The van der Waals surface area contributed by atoms with Crippen LogP contribution < -0.4 is 5.73 Å². The van der Waals surface area contributed by atoms with E-state index in [0.717, 1.165) is 0 Å². The minimum Gasteiger partial charge on any atom is -0.327 e. The van der Waals surface area contributed by atoms with Crippen LogP contribution in [-0.2, 0) is 0 Å². The van der Waals surface area contributed by atoms with Gasteiger partial charge >= 0.3 is 0 Å². The van der Waals surface area contributed by atoms with Crippen molar-refractivity contribution in [3.05, 3.63) is 21.9 Å². The van der Waals surface area contributed by atoms with Gasteiger partial charge in [0.25, 0.3) is 0 Å². The van der Waals surface area contributed by atoms with E-state index < -0.39 is 0 Å². The minimum atomic E-state index is 0.223. The molecule has 1 heterocycles. The van der Waals surface area contributed by atoms with Crippen LogP contribution in [0.25, 0.3) is 0 Å². The van der Waals surface area contributed by atoms with Crippen LogP contribution in [0.1, 0.15) is 42.9 Å². The second kappa shape index (κ2) is 5.92. The second-order valence-electron chi connectivity index (χ2n) is 4.10. The number of nitrogens with two attached hydrogens (primary N) is 1. The molecule has 0 amide bonds. The Morgan fingerprint density at radius 2 is 2.13 bits per heavy atom. The van der Waals surface area contributed by atoms with Crippen LogP contribution in [0.15, 0.2) is 11.4 Å². The van der Waals surface area contributed by atoms with Crippen molar-refractivity contribution in [1.82, 2.24) is 0 Å². The summed E-state index contributed by atoms with van der Waals surface area (Å²) in [7, 11) is 0. The van der Waals surface area contributed by atoms with Gasteiger partial charge in [0.15, 0.2) is 0 Å². The van der Waals surface area contributed by atoms with Crippen LogP contribution in [0.4, 0.5) is 0 Å².